The number of carbonyl (C=O) groups is 1. The van der Waals surface area contributed by atoms with E-state index in [0.717, 1.165) is 13.1 Å². The van der Waals surface area contributed by atoms with E-state index in [1.54, 1.807) is 24.9 Å². The van der Waals surface area contributed by atoms with E-state index < -0.39 is 5.60 Å². The van der Waals surface area contributed by atoms with Gasteiger partial charge in [0, 0.05) is 26.7 Å². The summed E-state index contributed by atoms with van der Waals surface area (Å²) >= 11 is 0. The van der Waals surface area contributed by atoms with E-state index in [1.807, 2.05) is 18.2 Å². The van der Waals surface area contributed by atoms with Gasteiger partial charge in [0.2, 0.25) is 0 Å². The number of carbonyl (C=O) groups excluding carboxylic acids is 1. The van der Waals surface area contributed by atoms with Gasteiger partial charge < -0.3 is 14.4 Å². The van der Waals surface area contributed by atoms with Crippen molar-refractivity contribution in [1.29, 1.82) is 0 Å². The number of aryl methyl sites for hydroxylation is 1. The minimum absolute atomic E-state index is 0.115. The van der Waals surface area contributed by atoms with Gasteiger partial charge in [-0.25, -0.2) is 0 Å². The lowest BCUT2D eigenvalue weighted by Gasteiger charge is -2.29. The van der Waals surface area contributed by atoms with Crippen LogP contribution in [0.1, 0.15) is 28.1 Å². The van der Waals surface area contributed by atoms with E-state index in [9.17, 15) is 9.90 Å². The Balaban J connectivity index is 1.59. The first-order chi connectivity index (χ1) is 11.5. The number of aliphatic hydroxyl groups is 1. The topological polar surface area (TPSA) is 56.9 Å². The lowest BCUT2D eigenvalue weighted by atomic mass is 10.0. The number of amides is 1. The maximum atomic E-state index is 12.5. The summed E-state index contributed by atoms with van der Waals surface area (Å²) in [5.74, 6) is 0.493. The Morgan fingerprint density at radius 3 is 2.75 bits per heavy atom. The Hall–Kier alpha value is -2.11. The summed E-state index contributed by atoms with van der Waals surface area (Å²) in [6.07, 6.45) is 2.18. The summed E-state index contributed by atoms with van der Waals surface area (Å²) in [5, 5.41) is 10.9. The molecule has 1 fully saturated rings. The van der Waals surface area contributed by atoms with E-state index in [4.69, 9.17) is 4.42 Å². The summed E-state index contributed by atoms with van der Waals surface area (Å²) in [6, 6.07) is 11.9. The molecule has 1 N–H and O–H groups in total. The number of hydrogen-bond acceptors (Lipinski definition) is 4. The highest BCUT2D eigenvalue weighted by molar-refractivity contribution is 5.94. The summed E-state index contributed by atoms with van der Waals surface area (Å²) in [7, 11) is 1.73. The zero-order chi connectivity index (χ0) is 17.2. The molecule has 1 aromatic carbocycles. The van der Waals surface area contributed by atoms with Crippen molar-refractivity contribution in [2.24, 2.45) is 0 Å². The van der Waals surface area contributed by atoms with Crippen molar-refractivity contribution in [3.63, 3.8) is 0 Å². The molecule has 0 radical (unpaired) electrons. The zero-order valence-electron chi connectivity index (χ0n) is 14.2. The van der Waals surface area contributed by atoms with Crippen LogP contribution in [0.25, 0.3) is 0 Å². The molecule has 1 amide bonds. The van der Waals surface area contributed by atoms with E-state index >= 15 is 0 Å². The number of hydrogen-bond donors (Lipinski definition) is 1. The number of likely N-dealkylation sites (tertiary alicyclic amines) is 1. The third kappa shape index (κ3) is 3.68. The van der Waals surface area contributed by atoms with Crippen molar-refractivity contribution in [2.75, 3.05) is 26.7 Å². The number of rotatable bonds is 5. The smallest absolute Gasteiger partial charge is 0.257 e. The fourth-order valence-electron chi connectivity index (χ4n) is 3.37. The first-order valence-corrected chi connectivity index (χ1v) is 8.25. The van der Waals surface area contributed by atoms with Gasteiger partial charge in [0.15, 0.2) is 0 Å². The molecule has 5 nitrogen and oxygen atoms in total. The lowest BCUT2D eigenvalue weighted by molar-refractivity contribution is 0.0169. The maximum Gasteiger partial charge on any atom is 0.257 e. The molecule has 5 heteroatoms. The molecule has 1 unspecified atom stereocenters. The van der Waals surface area contributed by atoms with Crippen LogP contribution in [0, 0.1) is 6.92 Å². The van der Waals surface area contributed by atoms with Gasteiger partial charge in [-0.1, -0.05) is 30.3 Å². The molecule has 0 bridgehead atoms. The van der Waals surface area contributed by atoms with Gasteiger partial charge in [-0.05, 0) is 25.0 Å². The van der Waals surface area contributed by atoms with Gasteiger partial charge in [0.1, 0.15) is 5.76 Å². The van der Waals surface area contributed by atoms with Crippen LogP contribution in [0.2, 0.25) is 0 Å². The molecule has 24 heavy (non-hydrogen) atoms. The minimum Gasteiger partial charge on any atom is -0.469 e. The number of likely N-dealkylation sites (N-methyl/N-ethyl adjacent to an activating group) is 1. The Labute approximate surface area is 142 Å². The van der Waals surface area contributed by atoms with Gasteiger partial charge in [0.05, 0.1) is 24.0 Å². The standard InChI is InChI=1S/C19H24N2O3/c1-15-17(8-11-24-15)18(22)20(2)13-19(23)9-10-21(14-19)12-16-6-4-3-5-7-16/h3-8,11,23H,9-10,12-14H2,1-2H3. The SMILES string of the molecule is Cc1occc1C(=O)N(C)CC1(O)CCN(Cc2ccccc2)C1. The Bertz CT molecular complexity index is 698. The minimum atomic E-state index is -0.864. The molecule has 1 aliphatic rings. The van der Waals surface area contributed by atoms with E-state index in [1.165, 1.54) is 11.8 Å². The molecule has 3 rings (SSSR count). The predicted octanol–water partition coefficient (Wildman–Crippen LogP) is 2.30. The van der Waals surface area contributed by atoms with Crippen molar-refractivity contribution in [1.82, 2.24) is 9.80 Å². The Kier molecular flexibility index (Phi) is 4.73. The van der Waals surface area contributed by atoms with Gasteiger partial charge in [0.25, 0.3) is 5.91 Å². The molecule has 0 aliphatic carbocycles. The highest BCUT2D eigenvalue weighted by Gasteiger charge is 2.38. The quantitative estimate of drug-likeness (QED) is 0.915. The van der Waals surface area contributed by atoms with Crippen LogP contribution in [0.4, 0.5) is 0 Å². The largest absolute Gasteiger partial charge is 0.469 e. The van der Waals surface area contributed by atoms with Crippen LogP contribution in [-0.4, -0.2) is 53.1 Å². The van der Waals surface area contributed by atoms with E-state index in [-0.39, 0.29) is 5.91 Å². The molecule has 1 atom stereocenters. The van der Waals surface area contributed by atoms with Crippen molar-refractivity contribution < 1.29 is 14.3 Å². The number of furan rings is 1. The molecule has 0 saturated carbocycles. The molecule has 0 spiro atoms. The fourth-order valence-corrected chi connectivity index (χ4v) is 3.37. The molecule has 2 heterocycles. The third-order valence-corrected chi connectivity index (χ3v) is 4.63. The normalized spacial score (nSPS) is 21.1. The van der Waals surface area contributed by atoms with Crippen molar-refractivity contribution in [2.45, 2.75) is 25.5 Å². The second kappa shape index (κ2) is 6.79. The molecular formula is C19H24N2O3. The lowest BCUT2D eigenvalue weighted by Crippen LogP contribution is -2.45. The van der Waals surface area contributed by atoms with E-state index in [0.29, 0.717) is 30.8 Å². The Morgan fingerprint density at radius 2 is 2.08 bits per heavy atom. The molecule has 1 aromatic heterocycles. The Morgan fingerprint density at radius 1 is 1.33 bits per heavy atom. The maximum absolute atomic E-state index is 12.5. The summed E-state index contributed by atoms with van der Waals surface area (Å²) in [6.45, 7) is 4.32. The van der Waals surface area contributed by atoms with Crippen LogP contribution in [0.3, 0.4) is 0 Å². The first-order valence-electron chi connectivity index (χ1n) is 8.25. The molecule has 2 aromatic rings. The van der Waals surface area contributed by atoms with Crippen LogP contribution in [-0.2, 0) is 6.54 Å². The molecular weight excluding hydrogens is 304 g/mol. The monoisotopic (exact) mass is 328 g/mol. The van der Waals surface area contributed by atoms with E-state index in [2.05, 4.69) is 17.0 Å². The zero-order valence-corrected chi connectivity index (χ0v) is 14.2. The van der Waals surface area contributed by atoms with Crippen LogP contribution in [0.5, 0.6) is 0 Å². The number of benzene rings is 1. The molecule has 128 valence electrons. The van der Waals surface area contributed by atoms with Gasteiger partial charge in [-0.15, -0.1) is 0 Å². The molecule has 1 aliphatic heterocycles. The van der Waals surface area contributed by atoms with Crippen molar-refractivity contribution in [3.8, 4) is 0 Å². The number of nitrogens with zero attached hydrogens (tertiary/aromatic N) is 2. The predicted molar refractivity (Wildman–Crippen MR) is 91.7 cm³/mol. The van der Waals surface area contributed by atoms with Gasteiger partial charge in [-0.3, -0.25) is 9.69 Å². The third-order valence-electron chi connectivity index (χ3n) is 4.63. The summed E-state index contributed by atoms with van der Waals surface area (Å²) in [5.41, 5.74) is 0.928. The second-order valence-corrected chi connectivity index (χ2v) is 6.72. The second-order valence-electron chi connectivity index (χ2n) is 6.72. The highest BCUT2D eigenvalue weighted by atomic mass is 16.3. The van der Waals surface area contributed by atoms with Crippen molar-refractivity contribution in [3.05, 3.63) is 59.5 Å². The average Bonchev–Trinajstić information content (AvgIpc) is 3.13. The first kappa shape index (κ1) is 16.7. The van der Waals surface area contributed by atoms with Crippen LogP contribution >= 0.6 is 0 Å². The van der Waals surface area contributed by atoms with Crippen LogP contribution in [0.15, 0.2) is 47.1 Å². The summed E-state index contributed by atoms with van der Waals surface area (Å²) < 4.78 is 5.20. The highest BCUT2D eigenvalue weighted by Crippen LogP contribution is 2.24. The fraction of sp³-hybridized carbons (Fsp3) is 0.421. The van der Waals surface area contributed by atoms with Gasteiger partial charge >= 0.3 is 0 Å². The molecule has 1 saturated heterocycles. The van der Waals surface area contributed by atoms with Gasteiger partial charge in [-0.2, -0.15) is 0 Å². The van der Waals surface area contributed by atoms with Crippen molar-refractivity contribution >= 4 is 5.91 Å². The summed E-state index contributed by atoms with van der Waals surface area (Å²) in [4.78, 5) is 16.3. The average molecular weight is 328 g/mol. The number of β-amino-alcohol motifs (C(OH)–C–C–N with tert-alkyl or cyclic N) is 1. The van der Waals surface area contributed by atoms with Crippen LogP contribution < -0.4 is 0 Å².